The zero-order chi connectivity index (χ0) is 20.3. The number of aryl methyl sites for hydroxylation is 1. The highest BCUT2D eigenvalue weighted by Gasteiger charge is 2.25. The number of thiophene rings is 1. The van der Waals surface area contributed by atoms with Crippen LogP contribution in [0, 0.1) is 13.8 Å². The molecular weight excluding hydrogens is 378 g/mol. The van der Waals surface area contributed by atoms with E-state index in [2.05, 4.69) is 16.0 Å². The fourth-order valence-electron chi connectivity index (χ4n) is 2.74. The fourth-order valence-corrected chi connectivity index (χ4v) is 3.80. The van der Waals surface area contributed by atoms with E-state index in [1.54, 1.807) is 24.3 Å². The summed E-state index contributed by atoms with van der Waals surface area (Å²) in [6.45, 7) is 3.67. The predicted octanol–water partition coefficient (Wildman–Crippen LogP) is 3.09. The first-order chi connectivity index (χ1) is 13.4. The summed E-state index contributed by atoms with van der Waals surface area (Å²) in [6.07, 6.45) is 2.01. The van der Waals surface area contributed by atoms with Crippen LogP contribution in [-0.4, -0.2) is 37.5 Å². The van der Waals surface area contributed by atoms with Gasteiger partial charge in [-0.05, 0) is 44.4 Å². The Morgan fingerprint density at radius 3 is 2.57 bits per heavy atom. The van der Waals surface area contributed by atoms with Crippen molar-refractivity contribution in [2.45, 2.75) is 32.7 Å². The minimum absolute atomic E-state index is 0.0374. The van der Waals surface area contributed by atoms with Crippen molar-refractivity contribution in [3.05, 3.63) is 45.8 Å². The van der Waals surface area contributed by atoms with Gasteiger partial charge in [-0.25, -0.2) is 4.79 Å². The Bertz CT molecular complexity index is 918. The van der Waals surface area contributed by atoms with Crippen LogP contribution in [-0.2, 0) is 9.53 Å². The van der Waals surface area contributed by atoms with E-state index >= 15 is 0 Å². The average molecular weight is 401 g/mol. The van der Waals surface area contributed by atoms with Crippen molar-refractivity contribution in [3.8, 4) is 0 Å². The van der Waals surface area contributed by atoms with E-state index in [0.29, 0.717) is 21.8 Å². The standard InChI is InChI=1S/C20H23N3O4S/c1-11-12(2)28-19(17(11)20(26)27-3)23-16(24)10-21-15-7-5-4-6-14(15)18(25)22-13-8-9-13/h4-7,13,21H,8-10H2,1-3H3,(H,22,25)(H,23,24). The number of para-hydroxylation sites is 1. The van der Waals surface area contributed by atoms with Crippen LogP contribution in [0.1, 0.15) is 44.0 Å². The molecule has 0 atom stereocenters. The molecule has 1 fully saturated rings. The van der Waals surface area contributed by atoms with E-state index < -0.39 is 5.97 Å². The van der Waals surface area contributed by atoms with Crippen LogP contribution in [0.3, 0.4) is 0 Å². The highest BCUT2D eigenvalue weighted by Crippen LogP contribution is 2.33. The SMILES string of the molecule is COC(=O)c1c(NC(=O)CNc2ccccc2C(=O)NC2CC2)sc(C)c1C. The van der Waals surface area contributed by atoms with Crippen LogP contribution >= 0.6 is 11.3 Å². The molecule has 2 amide bonds. The Morgan fingerprint density at radius 1 is 1.18 bits per heavy atom. The summed E-state index contributed by atoms with van der Waals surface area (Å²) in [5.74, 6) is -0.945. The molecule has 1 aromatic carbocycles. The van der Waals surface area contributed by atoms with Crippen molar-refractivity contribution in [1.29, 1.82) is 0 Å². The number of methoxy groups -OCH3 is 1. The zero-order valence-corrected chi connectivity index (χ0v) is 16.9. The predicted molar refractivity (Wildman–Crippen MR) is 109 cm³/mol. The van der Waals surface area contributed by atoms with Crippen molar-refractivity contribution in [2.75, 3.05) is 24.3 Å². The first-order valence-corrected chi connectivity index (χ1v) is 9.84. The first kappa shape index (κ1) is 19.9. The molecule has 0 unspecified atom stereocenters. The third-order valence-electron chi connectivity index (χ3n) is 4.55. The van der Waals surface area contributed by atoms with Gasteiger partial charge in [0.05, 0.1) is 24.8 Å². The van der Waals surface area contributed by atoms with Gasteiger partial charge in [-0.1, -0.05) is 12.1 Å². The second-order valence-corrected chi connectivity index (χ2v) is 7.90. The number of hydrogen-bond donors (Lipinski definition) is 3. The minimum atomic E-state index is -0.479. The summed E-state index contributed by atoms with van der Waals surface area (Å²) in [6, 6.07) is 7.32. The molecule has 0 bridgehead atoms. The molecule has 148 valence electrons. The van der Waals surface area contributed by atoms with E-state index in [1.165, 1.54) is 18.4 Å². The fraction of sp³-hybridized carbons (Fsp3) is 0.350. The molecule has 0 spiro atoms. The Morgan fingerprint density at radius 2 is 1.89 bits per heavy atom. The molecule has 2 aromatic rings. The van der Waals surface area contributed by atoms with Gasteiger partial charge in [-0.15, -0.1) is 11.3 Å². The van der Waals surface area contributed by atoms with Gasteiger partial charge in [0.2, 0.25) is 5.91 Å². The Labute approximate surface area is 167 Å². The molecule has 28 heavy (non-hydrogen) atoms. The van der Waals surface area contributed by atoms with Gasteiger partial charge in [0.1, 0.15) is 5.00 Å². The van der Waals surface area contributed by atoms with E-state index in [4.69, 9.17) is 4.74 Å². The number of ether oxygens (including phenoxy) is 1. The highest BCUT2D eigenvalue weighted by atomic mass is 32.1. The normalized spacial score (nSPS) is 13.0. The largest absolute Gasteiger partial charge is 0.465 e. The van der Waals surface area contributed by atoms with Gasteiger partial charge in [-0.2, -0.15) is 0 Å². The number of amides is 2. The molecular formula is C20H23N3O4S. The second-order valence-electron chi connectivity index (χ2n) is 6.67. The lowest BCUT2D eigenvalue weighted by molar-refractivity contribution is -0.114. The Balaban J connectivity index is 1.66. The van der Waals surface area contributed by atoms with Crippen LogP contribution < -0.4 is 16.0 Å². The molecule has 1 aliphatic rings. The first-order valence-electron chi connectivity index (χ1n) is 9.02. The van der Waals surface area contributed by atoms with E-state index in [1.807, 2.05) is 13.8 Å². The third kappa shape index (κ3) is 4.51. The van der Waals surface area contributed by atoms with E-state index in [0.717, 1.165) is 23.3 Å². The molecule has 0 saturated heterocycles. The summed E-state index contributed by atoms with van der Waals surface area (Å²) in [4.78, 5) is 37.7. The molecule has 1 saturated carbocycles. The maximum Gasteiger partial charge on any atom is 0.341 e. The van der Waals surface area contributed by atoms with Crippen LogP contribution in [0.15, 0.2) is 24.3 Å². The lowest BCUT2D eigenvalue weighted by atomic mass is 10.1. The number of carbonyl (C=O) groups excluding carboxylic acids is 3. The van der Waals surface area contributed by atoms with E-state index in [-0.39, 0.29) is 24.4 Å². The molecule has 0 aliphatic heterocycles. The second kappa shape index (κ2) is 8.43. The van der Waals surface area contributed by atoms with Gasteiger partial charge in [0.15, 0.2) is 0 Å². The van der Waals surface area contributed by atoms with Crippen LogP contribution in [0.4, 0.5) is 10.7 Å². The molecule has 3 rings (SSSR count). The Hall–Kier alpha value is -2.87. The average Bonchev–Trinajstić information content (AvgIpc) is 3.45. The summed E-state index contributed by atoms with van der Waals surface area (Å²) < 4.78 is 4.82. The van der Waals surface area contributed by atoms with Gasteiger partial charge in [0, 0.05) is 16.6 Å². The lowest BCUT2D eigenvalue weighted by Gasteiger charge is -2.12. The number of carbonyl (C=O) groups is 3. The highest BCUT2D eigenvalue weighted by molar-refractivity contribution is 7.16. The minimum Gasteiger partial charge on any atom is -0.465 e. The molecule has 0 radical (unpaired) electrons. The van der Waals surface area contributed by atoms with Crippen molar-refractivity contribution >= 4 is 39.8 Å². The smallest absolute Gasteiger partial charge is 0.341 e. The van der Waals surface area contributed by atoms with Crippen LogP contribution in [0.2, 0.25) is 0 Å². The van der Waals surface area contributed by atoms with Gasteiger partial charge < -0.3 is 20.7 Å². The summed E-state index contributed by atoms with van der Waals surface area (Å²) in [5, 5.41) is 9.18. The maximum absolute atomic E-state index is 12.4. The Kier molecular flexibility index (Phi) is 5.99. The number of esters is 1. The third-order valence-corrected chi connectivity index (χ3v) is 5.67. The quantitative estimate of drug-likeness (QED) is 0.620. The lowest BCUT2D eigenvalue weighted by Crippen LogP contribution is -2.27. The van der Waals surface area contributed by atoms with Crippen LogP contribution in [0.5, 0.6) is 0 Å². The topological polar surface area (TPSA) is 96.5 Å². The van der Waals surface area contributed by atoms with Crippen LogP contribution in [0.25, 0.3) is 0 Å². The number of hydrogen-bond acceptors (Lipinski definition) is 6. The molecule has 7 nitrogen and oxygen atoms in total. The van der Waals surface area contributed by atoms with Crippen molar-refractivity contribution in [2.24, 2.45) is 0 Å². The number of anilines is 2. The molecule has 1 aromatic heterocycles. The number of rotatable bonds is 7. The summed E-state index contributed by atoms with van der Waals surface area (Å²) in [5.41, 5.74) is 2.26. The molecule has 3 N–H and O–H groups in total. The van der Waals surface area contributed by atoms with Crippen molar-refractivity contribution in [1.82, 2.24) is 5.32 Å². The van der Waals surface area contributed by atoms with Crippen molar-refractivity contribution in [3.63, 3.8) is 0 Å². The van der Waals surface area contributed by atoms with Crippen molar-refractivity contribution < 1.29 is 19.1 Å². The number of nitrogens with one attached hydrogen (secondary N) is 3. The zero-order valence-electron chi connectivity index (χ0n) is 16.0. The summed E-state index contributed by atoms with van der Waals surface area (Å²) >= 11 is 1.33. The van der Waals surface area contributed by atoms with E-state index in [9.17, 15) is 14.4 Å². The molecule has 1 aliphatic carbocycles. The molecule has 1 heterocycles. The van der Waals surface area contributed by atoms with Gasteiger partial charge in [-0.3, -0.25) is 9.59 Å². The summed E-state index contributed by atoms with van der Waals surface area (Å²) in [7, 11) is 1.31. The van der Waals surface area contributed by atoms with Gasteiger partial charge >= 0.3 is 5.97 Å². The maximum atomic E-state index is 12.4. The number of benzene rings is 1. The van der Waals surface area contributed by atoms with Gasteiger partial charge in [0.25, 0.3) is 5.91 Å². The molecule has 8 heteroatoms. The monoisotopic (exact) mass is 401 g/mol.